The van der Waals surface area contributed by atoms with E-state index in [1.54, 1.807) is 12.1 Å². The van der Waals surface area contributed by atoms with Gasteiger partial charge in [-0.1, -0.05) is 24.3 Å². The highest BCUT2D eigenvalue weighted by atomic mass is 16.5. The summed E-state index contributed by atoms with van der Waals surface area (Å²) in [4.78, 5) is 11.7. The Labute approximate surface area is 182 Å². The van der Waals surface area contributed by atoms with Gasteiger partial charge in [0, 0.05) is 11.1 Å². The third kappa shape index (κ3) is 4.17. The predicted molar refractivity (Wildman–Crippen MR) is 121 cm³/mol. The van der Waals surface area contributed by atoms with Gasteiger partial charge in [0.1, 0.15) is 5.76 Å². The second kappa shape index (κ2) is 8.26. The lowest BCUT2D eigenvalue weighted by Crippen LogP contribution is -2.04. The molecule has 158 valence electrons. The van der Waals surface area contributed by atoms with Crippen molar-refractivity contribution >= 4 is 5.97 Å². The molecule has 5 heteroatoms. The number of ether oxygens (including phenoxy) is 1. The molecule has 0 atom stereocenters. The van der Waals surface area contributed by atoms with Crippen LogP contribution >= 0.6 is 0 Å². The first-order valence-corrected chi connectivity index (χ1v) is 10.3. The highest BCUT2D eigenvalue weighted by molar-refractivity contribution is 5.86. The molecule has 31 heavy (non-hydrogen) atoms. The van der Waals surface area contributed by atoms with Crippen molar-refractivity contribution < 1.29 is 13.9 Å². The number of esters is 1. The Balaban J connectivity index is 1.78. The number of carbonyl (C=O) groups is 1. The highest BCUT2D eigenvalue weighted by Gasteiger charge is 2.16. The minimum absolute atomic E-state index is 0.187. The van der Waals surface area contributed by atoms with Crippen molar-refractivity contribution in [3.05, 3.63) is 88.4 Å². The fourth-order valence-corrected chi connectivity index (χ4v) is 3.53. The van der Waals surface area contributed by atoms with Crippen LogP contribution in [0.1, 0.15) is 38.6 Å². The van der Waals surface area contributed by atoms with Crippen LogP contribution in [0, 0.1) is 27.7 Å². The first-order chi connectivity index (χ1) is 14.9. The fourth-order valence-electron chi connectivity index (χ4n) is 3.53. The maximum atomic E-state index is 11.7. The molecule has 4 rings (SSSR count). The molecule has 0 amide bonds. The predicted octanol–water partition coefficient (Wildman–Crippen LogP) is 5.88. The number of furan rings is 1. The Morgan fingerprint density at radius 2 is 1.52 bits per heavy atom. The zero-order chi connectivity index (χ0) is 22.1. The summed E-state index contributed by atoms with van der Waals surface area (Å²) in [5.74, 6) is 0.337. The third-order valence-electron chi connectivity index (χ3n) is 5.74. The summed E-state index contributed by atoms with van der Waals surface area (Å²) in [5.41, 5.74) is 9.01. The summed E-state index contributed by atoms with van der Waals surface area (Å²) in [6, 6.07) is 18.3. The van der Waals surface area contributed by atoms with Crippen molar-refractivity contribution in [2.75, 3.05) is 7.11 Å². The maximum absolute atomic E-state index is 11.7. The highest BCUT2D eigenvalue weighted by Crippen LogP contribution is 2.29. The van der Waals surface area contributed by atoms with Crippen molar-refractivity contribution in [3.8, 4) is 22.5 Å². The second-order valence-corrected chi connectivity index (χ2v) is 7.93. The molecule has 5 nitrogen and oxygen atoms in total. The molecule has 0 radical (unpaired) electrons. The van der Waals surface area contributed by atoms with Crippen molar-refractivity contribution in [2.24, 2.45) is 0 Å². The summed E-state index contributed by atoms with van der Waals surface area (Å²) in [7, 11) is 1.34. The summed E-state index contributed by atoms with van der Waals surface area (Å²) in [6.45, 7) is 8.84. The van der Waals surface area contributed by atoms with Gasteiger partial charge < -0.3 is 9.15 Å². The van der Waals surface area contributed by atoms with Crippen LogP contribution in [-0.4, -0.2) is 22.9 Å². The van der Waals surface area contributed by atoms with Crippen LogP contribution in [0.5, 0.6) is 0 Å². The summed E-state index contributed by atoms with van der Waals surface area (Å²) in [5, 5.41) is 4.89. The Hall–Kier alpha value is -3.60. The lowest BCUT2D eigenvalue weighted by atomic mass is 10.0. The van der Waals surface area contributed by atoms with Crippen LogP contribution in [0.2, 0.25) is 0 Å². The molecule has 0 fully saturated rings. The molecule has 0 saturated heterocycles. The summed E-state index contributed by atoms with van der Waals surface area (Å²) >= 11 is 0. The molecule has 0 aliphatic carbocycles. The van der Waals surface area contributed by atoms with Gasteiger partial charge in [0.25, 0.3) is 0 Å². The number of benzene rings is 2. The van der Waals surface area contributed by atoms with Gasteiger partial charge in [-0.2, -0.15) is 5.10 Å². The Morgan fingerprint density at radius 1 is 0.871 bits per heavy atom. The van der Waals surface area contributed by atoms with E-state index in [2.05, 4.69) is 70.2 Å². The number of hydrogen-bond donors (Lipinski definition) is 0. The smallest absolute Gasteiger partial charge is 0.373 e. The number of nitrogens with zero attached hydrogens (tertiary/aromatic N) is 2. The van der Waals surface area contributed by atoms with E-state index in [0.29, 0.717) is 12.3 Å². The number of aryl methyl sites for hydroxylation is 4. The molecule has 0 aliphatic rings. The standard InChI is InChI=1S/C26H26N2O3/c1-16-6-8-20(12-18(16)3)23-14-24(21-9-7-17(2)19(4)13-21)28(27-23)15-22-10-11-25(31-22)26(29)30-5/h6-14H,15H2,1-5H3. The average Bonchev–Trinajstić information content (AvgIpc) is 3.39. The van der Waals surface area contributed by atoms with E-state index < -0.39 is 5.97 Å². The monoisotopic (exact) mass is 414 g/mol. The quantitative estimate of drug-likeness (QED) is 0.383. The van der Waals surface area contributed by atoms with Crippen LogP contribution in [-0.2, 0) is 11.3 Å². The van der Waals surface area contributed by atoms with E-state index in [4.69, 9.17) is 14.3 Å². The van der Waals surface area contributed by atoms with E-state index in [9.17, 15) is 4.79 Å². The average molecular weight is 415 g/mol. The minimum Gasteiger partial charge on any atom is -0.463 e. The van der Waals surface area contributed by atoms with Crippen LogP contribution in [0.15, 0.2) is 59.0 Å². The van der Waals surface area contributed by atoms with E-state index in [-0.39, 0.29) is 5.76 Å². The van der Waals surface area contributed by atoms with Crippen LogP contribution in [0.4, 0.5) is 0 Å². The number of carbonyl (C=O) groups excluding carboxylic acids is 1. The minimum atomic E-state index is -0.489. The van der Waals surface area contributed by atoms with Gasteiger partial charge in [-0.05, 0) is 80.3 Å². The Bertz CT molecular complexity index is 1260. The van der Waals surface area contributed by atoms with E-state index in [1.165, 1.54) is 29.4 Å². The molecule has 0 unspecified atom stereocenters. The first kappa shape index (κ1) is 20.7. The first-order valence-electron chi connectivity index (χ1n) is 10.3. The topological polar surface area (TPSA) is 57.3 Å². The third-order valence-corrected chi connectivity index (χ3v) is 5.74. The molecule has 0 saturated carbocycles. The molecule has 2 heterocycles. The largest absolute Gasteiger partial charge is 0.463 e. The molecule has 0 N–H and O–H groups in total. The molecular formula is C26H26N2O3. The van der Waals surface area contributed by atoms with Gasteiger partial charge in [0.05, 0.1) is 25.0 Å². The van der Waals surface area contributed by atoms with Crippen LogP contribution in [0.3, 0.4) is 0 Å². The van der Waals surface area contributed by atoms with Gasteiger partial charge in [-0.3, -0.25) is 4.68 Å². The molecule has 0 aliphatic heterocycles. The lowest BCUT2D eigenvalue weighted by molar-refractivity contribution is 0.0563. The normalized spacial score (nSPS) is 11.0. The van der Waals surface area contributed by atoms with Crippen molar-refractivity contribution in [2.45, 2.75) is 34.2 Å². The van der Waals surface area contributed by atoms with Crippen molar-refractivity contribution in [1.82, 2.24) is 9.78 Å². The van der Waals surface area contributed by atoms with E-state index >= 15 is 0 Å². The van der Waals surface area contributed by atoms with Gasteiger partial charge in [0.2, 0.25) is 5.76 Å². The SMILES string of the molecule is COC(=O)c1ccc(Cn2nc(-c3ccc(C)c(C)c3)cc2-c2ccc(C)c(C)c2)o1. The van der Waals surface area contributed by atoms with Gasteiger partial charge in [-0.25, -0.2) is 4.79 Å². The van der Waals surface area contributed by atoms with E-state index in [0.717, 1.165) is 22.5 Å². The summed E-state index contributed by atoms with van der Waals surface area (Å²) < 4.78 is 12.4. The lowest BCUT2D eigenvalue weighted by Gasteiger charge is -2.08. The summed E-state index contributed by atoms with van der Waals surface area (Å²) in [6.07, 6.45) is 0. The number of methoxy groups -OCH3 is 1. The van der Waals surface area contributed by atoms with Gasteiger partial charge >= 0.3 is 5.97 Å². The molecular weight excluding hydrogens is 388 g/mol. The number of hydrogen-bond acceptors (Lipinski definition) is 4. The Morgan fingerprint density at radius 3 is 2.16 bits per heavy atom. The zero-order valence-corrected chi connectivity index (χ0v) is 18.5. The van der Waals surface area contributed by atoms with Gasteiger partial charge in [-0.15, -0.1) is 0 Å². The molecule has 0 bridgehead atoms. The van der Waals surface area contributed by atoms with Crippen LogP contribution in [0.25, 0.3) is 22.5 Å². The molecule has 2 aromatic carbocycles. The maximum Gasteiger partial charge on any atom is 0.373 e. The van der Waals surface area contributed by atoms with Gasteiger partial charge in [0.15, 0.2) is 0 Å². The fraction of sp³-hybridized carbons (Fsp3) is 0.231. The zero-order valence-electron chi connectivity index (χ0n) is 18.5. The molecule has 2 aromatic heterocycles. The van der Waals surface area contributed by atoms with Crippen molar-refractivity contribution in [3.63, 3.8) is 0 Å². The Kier molecular flexibility index (Phi) is 5.51. The molecule has 0 spiro atoms. The van der Waals surface area contributed by atoms with Crippen LogP contribution < -0.4 is 0 Å². The second-order valence-electron chi connectivity index (χ2n) is 7.93. The number of rotatable bonds is 5. The number of aromatic nitrogens is 2. The van der Waals surface area contributed by atoms with Crippen molar-refractivity contribution in [1.29, 1.82) is 0 Å². The van der Waals surface area contributed by atoms with E-state index in [1.807, 2.05) is 4.68 Å². The molecule has 4 aromatic rings.